The number of aromatic nitrogens is 4. The van der Waals surface area contributed by atoms with Crippen LogP contribution in [0.3, 0.4) is 0 Å². The average molecular weight is 551 g/mol. The van der Waals surface area contributed by atoms with Crippen molar-refractivity contribution < 1.29 is 27.8 Å². The molecule has 0 unspecified atom stereocenters. The molecule has 1 aliphatic carbocycles. The number of alkyl halides is 2. The summed E-state index contributed by atoms with van der Waals surface area (Å²) in [6.07, 6.45) is 1.30. The zero-order valence-corrected chi connectivity index (χ0v) is 21.3. The predicted octanol–water partition coefficient (Wildman–Crippen LogP) is 3.76. The SMILES string of the molecule is COc1cnc(C(F)F)cc1-c1cc(C#CCN2CCOC2=O)ncc1C(=O)Nc1nnc(C#CC2CC2)s1. The fourth-order valence-electron chi connectivity index (χ4n) is 3.55. The zero-order chi connectivity index (χ0) is 27.4. The Bertz CT molecular complexity index is 1550. The van der Waals surface area contributed by atoms with Gasteiger partial charge in [-0.25, -0.2) is 18.6 Å². The van der Waals surface area contributed by atoms with Crippen LogP contribution in [0.15, 0.2) is 24.5 Å². The lowest BCUT2D eigenvalue weighted by molar-refractivity contribution is 0.102. The summed E-state index contributed by atoms with van der Waals surface area (Å²) in [5.74, 6) is 11.7. The van der Waals surface area contributed by atoms with Crippen LogP contribution in [-0.4, -0.2) is 63.9 Å². The highest BCUT2D eigenvalue weighted by molar-refractivity contribution is 7.15. The summed E-state index contributed by atoms with van der Waals surface area (Å²) in [5, 5.41) is 11.3. The zero-order valence-electron chi connectivity index (χ0n) is 20.5. The van der Waals surface area contributed by atoms with Gasteiger partial charge in [0, 0.05) is 23.2 Å². The standard InChI is InChI=1S/C26H20F2N6O4S/c1-37-21-14-30-20(23(27)28)12-18(21)17-11-16(3-2-8-34-9-10-38-26(34)36)29-13-19(17)24(35)31-25-33-32-22(39-25)7-6-15-4-5-15/h11-15,23H,4-5,8-10H2,1H3,(H,31,33,35). The minimum absolute atomic E-state index is 0.0641. The first-order valence-electron chi connectivity index (χ1n) is 11.8. The molecule has 0 spiro atoms. The molecule has 3 aromatic heterocycles. The van der Waals surface area contributed by atoms with Gasteiger partial charge in [-0.2, -0.15) is 0 Å². The fourth-order valence-corrected chi connectivity index (χ4v) is 4.15. The second-order valence-corrected chi connectivity index (χ2v) is 9.45. The minimum Gasteiger partial charge on any atom is -0.494 e. The number of carbonyl (C=O) groups excluding carboxylic acids is 2. The maximum atomic E-state index is 13.5. The highest BCUT2D eigenvalue weighted by atomic mass is 32.1. The summed E-state index contributed by atoms with van der Waals surface area (Å²) in [6.45, 7) is 0.842. The summed E-state index contributed by atoms with van der Waals surface area (Å²) >= 11 is 1.12. The summed E-state index contributed by atoms with van der Waals surface area (Å²) < 4.78 is 37.2. The molecule has 5 rings (SSSR count). The topological polar surface area (TPSA) is 119 Å². The van der Waals surface area contributed by atoms with E-state index in [1.165, 1.54) is 30.5 Å². The summed E-state index contributed by atoms with van der Waals surface area (Å²) in [6, 6.07) is 2.65. The molecule has 1 saturated heterocycles. The van der Waals surface area contributed by atoms with Crippen molar-refractivity contribution in [1.82, 2.24) is 25.1 Å². The van der Waals surface area contributed by atoms with Gasteiger partial charge in [-0.15, -0.1) is 10.2 Å². The molecule has 0 aromatic carbocycles. The first kappa shape index (κ1) is 26.0. The third-order valence-electron chi connectivity index (χ3n) is 5.71. The minimum atomic E-state index is -2.84. The molecule has 2 amide bonds. The Morgan fingerprint density at radius 1 is 1.23 bits per heavy atom. The fraction of sp³-hybridized carbons (Fsp3) is 0.308. The van der Waals surface area contributed by atoms with Gasteiger partial charge in [-0.05, 0) is 36.8 Å². The number of ether oxygens (including phenoxy) is 2. The molecule has 1 N–H and O–H groups in total. The molecular formula is C26H20F2N6O4S. The molecule has 1 saturated carbocycles. The lowest BCUT2D eigenvalue weighted by atomic mass is 9.99. The third kappa shape index (κ3) is 6.27. The van der Waals surface area contributed by atoms with Crippen molar-refractivity contribution in [3.63, 3.8) is 0 Å². The number of pyridine rings is 2. The Kier molecular flexibility index (Phi) is 7.61. The molecular weight excluding hydrogens is 530 g/mol. The van der Waals surface area contributed by atoms with Crippen molar-refractivity contribution in [2.45, 2.75) is 19.3 Å². The van der Waals surface area contributed by atoms with Gasteiger partial charge in [0.05, 0.1) is 32.0 Å². The molecule has 1 aliphatic heterocycles. The number of rotatable bonds is 6. The van der Waals surface area contributed by atoms with Crippen LogP contribution >= 0.6 is 11.3 Å². The number of nitrogens with one attached hydrogen (secondary N) is 1. The van der Waals surface area contributed by atoms with Crippen LogP contribution in [0.4, 0.5) is 18.7 Å². The summed E-state index contributed by atoms with van der Waals surface area (Å²) in [7, 11) is 1.37. The third-order valence-corrected chi connectivity index (χ3v) is 6.46. The van der Waals surface area contributed by atoms with E-state index in [0.29, 0.717) is 24.1 Å². The number of cyclic esters (lactones) is 1. The highest BCUT2D eigenvalue weighted by Crippen LogP contribution is 2.35. The maximum Gasteiger partial charge on any atom is 0.410 e. The van der Waals surface area contributed by atoms with E-state index in [-0.39, 0.29) is 39.8 Å². The molecule has 198 valence electrons. The van der Waals surface area contributed by atoms with Crippen molar-refractivity contribution in [2.24, 2.45) is 5.92 Å². The first-order chi connectivity index (χ1) is 18.9. The Balaban J connectivity index is 1.48. The number of amides is 2. The van der Waals surface area contributed by atoms with Crippen LogP contribution < -0.4 is 10.1 Å². The van der Waals surface area contributed by atoms with Crippen LogP contribution in [0.1, 0.15) is 46.0 Å². The van der Waals surface area contributed by atoms with E-state index < -0.39 is 24.1 Å². The number of hydrogen-bond acceptors (Lipinski definition) is 9. The van der Waals surface area contributed by atoms with E-state index in [9.17, 15) is 18.4 Å². The first-order valence-corrected chi connectivity index (χ1v) is 12.6. The number of carbonyl (C=O) groups is 2. The number of halogens is 2. The van der Waals surface area contributed by atoms with Crippen molar-refractivity contribution in [3.05, 3.63) is 46.5 Å². The molecule has 13 heteroatoms. The molecule has 0 radical (unpaired) electrons. The Morgan fingerprint density at radius 2 is 2.08 bits per heavy atom. The Morgan fingerprint density at radius 3 is 2.79 bits per heavy atom. The van der Waals surface area contributed by atoms with Crippen molar-refractivity contribution >= 4 is 28.5 Å². The summed E-state index contributed by atoms with van der Waals surface area (Å²) in [4.78, 5) is 34.4. The molecule has 3 aromatic rings. The van der Waals surface area contributed by atoms with E-state index in [1.807, 2.05) is 0 Å². The van der Waals surface area contributed by atoms with Gasteiger partial charge in [-0.3, -0.25) is 20.0 Å². The lowest BCUT2D eigenvalue weighted by Gasteiger charge is -2.14. The smallest absolute Gasteiger partial charge is 0.410 e. The normalized spacial score (nSPS) is 14.3. The maximum absolute atomic E-state index is 13.5. The Hall–Kier alpha value is -4.62. The number of hydrogen-bond donors (Lipinski definition) is 1. The van der Waals surface area contributed by atoms with Gasteiger partial charge < -0.3 is 9.47 Å². The molecule has 39 heavy (non-hydrogen) atoms. The Labute approximate surface area is 225 Å². The molecule has 0 atom stereocenters. The van der Waals surface area contributed by atoms with Crippen LogP contribution in [0.25, 0.3) is 11.1 Å². The summed E-state index contributed by atoms with van der Waals surface area (Å²) in [5.41, 5.74) is 0.271. The molecule has 2 aliphatic rings. The van der Waals surface area contributed by atoms with Crippen molar-refractivity contribution in [2.75, 3.05) is 32.1 Å². The van der Waals surface area contributed by atoms with Gasteiger partial charge in [0.2, 0.25) is 5.13 Å². The van der Waals surface area contributed by atoms with Gasteiger partial charge in [-0.1, -0.05) is 23.2 Å². The largest absolute Gasteiger partial charge is 0.494 e. The molecule has 2 fully saturated rings. The van der Waals surface area contributed by atoms with Crippen molar-refractivity contribution in [1.29, 1.82) is 0 Å². The van der Waals surface area contributed by atoms with E-state index in [2.05, 4.69) is 49.2 Å². The molecule has 10 nitrogen and oxygen atoms in total. The second kappa shape index (κ2) is 11.4. The number of methoxy groups -OCH3 is 1. The highest BCUT2D eigenvalue weighted by Gasteiger charge is 2.23. The van der Waals surface area contributed by atoms with Crippen LogP contribution in [-0.2, 0) is 4.74 Å². The number of nitrogens with zero attached hydrogens (tertiary/aromatic N) is 5. The van der Waals surface area contributed by atoms with Crippen molar-refractivity contribution in [3.8, 4) is 40.6 Å². The molecule has 4 heterocycles. The monoisotopic (exact) mass is 550 g/mol. The van der Waals surface area contributed by atoms with E-state index in [0.717, 1.165) is 30.2 Å². The van der Waals surface area contributed by atoms with Crippen LogP contribution in [0.2, 0.25) is 0 Å². The molecule has 0 bridgehead atoms. The van der Waals surface area contributed by atoms with E-state index >= 15 is 0 Å². The van der Waals surface area contributed by atoms with Gasteiger partial charge in [0.15, 0.2) is 5.01 Å². The quantitative estimate of drug-likeness (QED) is 0.461. The van der Waals surface area contributed by atoms with Crippen LogP contribution in [0, 0.1) is 29.6 Å². The second-order valence-electron chi connectivity index (χ2n) is 8.47. The van der Waals surface area contributed by atoms with Gasteiger partial charge in [0.1, 0.15) is 23.7 Å². The van der Waals surface area contributed by atoms with E-state index in [1.54, 1.807) is 0 Å². The number of anilines is 1. The van der Waals surface area contributed by atoms with Gasteiger partial charge >= 0.3 is 6.09 Å². The van der Waals surface area contributed by atoms with Crippen LogP contribution in [0.5, 0.6) is 5.75 Å². The average Bonchev–Trinajstić information content (AvgIpc) is 3.52. The lowest BCUT2D eigenvalue weighted by Crippen LogP contribution is -2.24. The van der Waals surface area contributed by atoms with E-state index in [4.69, 9.17) is 9.47 Å². The van der Waals surface area contributed by atoms with Gasteiger partial charge in [0.25, 0.3) is 12.3 Å². The predicted molar refractivity (Wildman–Crippen MR) is 136 cm³/mol.